The molecule has 2 amide bonds. The zero-order valence-electron chi connectivity index (χ0n) is 21.3. The number of aromatic nitrogens is 2. The van der Waals surface area contributed by atoms with Gasteiger partial charge in [0, 0.05) is 36.3 Å². The third-order valence-corrected chi connectivity index (χ3v) is 7.15. The lowest BCUT2D eigenvalue weighted by atomic mass is 10.1. The van der Waals surface area contributed by atoms with Gasteiger partial charge in [0.25, 0.3) is 0 Å². The van der Waals surface area contributed by atoms with Gasteiger partial charge in [-0.15, -0.1) is 0 Å². The summed E-state index contributed by atoms with van der Waals surface area (Å²) in [5.74, 6) is 0.785. The number of rotatable bonds is 6. The average molecular weight is 481 g/mol. The van der Waals surface area contributed by atoms with E-state index in [2.05, 4.69) is 19.9 Å². The van der Waals surface area contributed by atoms with E-state index >= 15 is 0 Å². The predicted octanol–water partition coefficient (Wildman–Crippen LogP) is 5.62. The molecule has 1 aliphatic rings. The number of hydrogen-bond donors (Lipinski definition) is 0. The number of carbonyl (C=O) groups is 2. The van der Waals surface area contributed by atoms with Gasteiger partial charge in [-0.05, 0) is 69.2 Å². The number of aryl methyl sites for hydroxylation is 1. The molecule has 1 saturated heterocycles. The van der Waals surface area contributed by atoms with Crippen molar-refractivity contribution in [2.75, 3.05) is 16.3 Å². The number of para-hydroxylation sites is 3. The summed E-state index contributed by atoms with van der Waals surface area (Å²) in [5, 5.41) is 0. The van der Waals surface area contributed by atoms with Crippen molar-refractivity contribution >= 4 is 34.2 Å². The molecule has 0 bridgehead atoms. The second kappa shape index (κ2) is 9.61. The number of amides is 2. The molecule has 0 aliphatic carbocycles. The second-order valence-corrected chi connectivity index (χ2v) is 9.86. The molecule has 0 radical (unpaired) electrons. The number of hydrogen-bond acceptors (Lipinski definition) is 3. The van der Waals surface area contributed by atoms with Crippen LogP contribution in [0.15, 0.2) is 72.8 Å². The van der Waals surface area contributed by atoms with Crippen molar-refractivity contribution in [3.63, 3.8) is 0 Å². The Labute approximate surface area is 212 Å². The molecular weight excluding hydrogens is 448 g/mol. The topological polar surface area (TPSA) is 58.4 Å². The lowest BCUT2D eigenvalue weighted by molar-refractivity contribution is -0.119. The molecule has 0 saturated carbocycles. The molecule has 0 spiro atoms. The maximum Gasteiger partial charge on any atom is 0.247 e. The minimum atomic E-state index is -0.0955. The predicted molar refractivity (Wildman–Crippen MR) is 144 cm³/mol. The molecule has 0 unspecified atom stereocenters. The summed E-state index contributed by atoms with van der Waals surface area (Å²) < 4.78 is 2.01. The molecule has 6 heteroatoms. The lowest BCUT2D eigenvalue weighted by Gasteiger charge is -2.28. The second-order valence-electron chi connectivity index (χ2n) is 9.86. The van der Waals surface area contributed by atoms with Crippen LogP contribution in [0.1, 0.15) is 43.1 Å². The van der Waals surface area contributed by atoms with Crippen LogP contribution in [0.2, 0.25) is 0 Å². The van der Waals surface area contributed by atoms with Crippen LogP contribution in [0.5, 0.6) is 0 Å². The monoisotopic (exact) mass is 480 g/mol. The molecular formula is C30H32N4O2. The van der Waals surface area contributed by atoms with Crippen LogP contribution in [0.25, 0.3) is 11.0 Å². The average Bonchev–Trinajstić information content (AvgIpc) is 3.42. The van der Waals surface area contributed by atoms with E-state index < -0.39 is 0 Å². The van der Waals surface area contributed by atoms with E-state index in [0.717, 1.165) is 39.4 Å². The Balaban J connectivity index is 1.51. The molecule has 6 nitrogen and oxygen atoms in total. The Morgan fingerprint density at radius 3 is 2.47 bits per heavy atom. The number of carbonyl (C=O) groups excluding carboxylic acids is 2. The number of imidazole rings is 1. The Bertz CT molecular complexity index is 1420. The highest BCUT2D eigenvalue weighted by Gasteiger charge is 2.36. The number of nitrogens with zero attached hydrogens (tertiary/aromatic N) is 4. The standard InChI is InChI=1S/C30H32N4O2/c1-20(2)34(24-12-6-5-7-13-24)29(36)19-33-27-15-9-8-14-25(27)31-30(33)23-17-28(35)32(18-23)26-16-10-11-21(3)22(26)4/h5-16,20,23H,17-19H2,1-4H3/t23-/m0/s1. The van der Waals surface area contributed by atoms with Crippen molar-refractivity contribution in [2.45, 2.75) is 52.6 Å². The molecule has 1 fully saturated rings. The van der Waals surface area contributed by atoms with Gasteiger partial charge in [0.05, 0.1) is 11.0 Å². The van der Waals surface area contributed by atoms with Crippen LogP contribution in [-0.4, -0.2) is 34.0 Å². The van der Waals surface area contributed by atoms with Gasteiger partial charge < -0.3 is 14.4 Å². The van der Waals surface area contributed by atoms with Crippen molar-refractivity contribution in [1.29, 1.82) is 0 Å². The summed E-state index contributed by atoms with van der Waals surface area (Å²) in [6.45, 7) is 8.88. The van der Waals surface area contributed by atoms with Crippen LogP contribution < -0.4 is 9.80 Å². The zero-order valence-corrected chi connectivity index (χ0v) is 21.3. The molecule has 3 aromatic carbocycles. The molecule has 5 rings (SSSR count). The lowest BCUT2D eigenvalue weighted by Crippen LogP contribution is -2.39. The van der Waals surface area contributed by atoms with E-state index in [9.17, 15) is 9.59 Å². The minimum Gasteiger partial charge on any atom is -0.318 e. The molecule has 4 aromatic rings. The first-order valence-electron chi connectivity index (χ1n) is 12.5. The van der Waals surface area contributed by atoms with Gasteiger partial charge in [0.15, 0.2) is 0 Å². The van der Waals surface area contributed by atoms with Crippen molar-refractivity contribution in [2.24, 2.45) is 0 Å². The molecule has 1 atom stereocenters. The highest BCUT2D eigenvalue weighted by atomic mass is 16.2. The summed E-state index contributed by atoms with van der Waals surface area (Å²) in [5.41, 5.74) is 5.86. The summed E-state index contributed by atoms with van der Waals surface area (Å²) >= 11 is 0. The first-order chi connectivity index (χ1) is 17.3. The minimum absolute atomic E-state index is 0.00342. The van der Waals surface area contributed by atoms with Crippen molar-refractivity contribution < 1.29 is 9.59 Å². The van der Waals surface area contributed by atoms with E-state index in [1.165, 1.54) is 0 Å². The highest BCUT2D eigenvalue weighted by molar-refractivity contribution is 5.98. The van der Waals surface area contributed by atoms with E-state index in [1.54, 1.807) is 0 Å². The smallest absolute Gasteiger partial charge is 0.247 e. The molecule has 2 heterocycles. The van der Waals surface area contributed by atoms with Crippen molar-refractivity contribution in [1.82, 2.24) is 9.55 Å². The largest absolute Gasteiger partial charge is 0.318 e. The fourth-order valence-electron chi connectivity index (χ4n) is 5.24. The molecule has 1 aliphatic heterocycles. The van der Waals surface area contributed by atoms with Gasteiger partial charge in [-0.3, -0.25) is 9.59 Å². The number of anilines is 2. The maximum absolute atomic E-state index is 13.7. The van der Waals surface area contributed by atoms with Crippen LogP contribution in [0.4, 0.5) is 11.4 Å². The Hall–Kier alpha value is -3.93. The highest BCUT2D eigenvalue weighted by Crippen LogP contribution is 2.35. The van der Waals surface area contributed by atoms with Gasteiger partial charge in [0.2, 0.25) is 11.8 Å². The number of fused-ring (bicyclic) bond motifs is 1. The van der Waals surface area contributed by atoms with Crippen LogP contribution >= 0.6 is 0 Å². The summed E-state index contributed by atoms with van der Waals surface area (Å²) in [6.07, 6.45) is 0.372. The van der Waals surface area contributed by atoms with Crippen molar-refractivity contribution in [3.8, 4) is 0 Å². The Kier molecular flexibility index (Phi) is 6.35. The zero-order chi connectivity index (χ0) is 25.4. The van der Waals surface area contributed by atoms with E-state index in [1.807, 2.05) is 94.9 Å². The van der Waals surface area contributed by atoms with E-state index in [-0.39, 0.29) is 30.3 Å². The van der Waals surface area contributed by atoms with Gasteiger partial charge in [-0.25, -0.2) is 4.98 Å². The van der Waals surface area contributed by atoms with Gasteiger partial charge in [0.1, 0.15) is 12.4 Å². The number of benzene rings is 3. The van der Waals surface area contributed by atoms with Crippen LogP contribution in [-0.2, 0) is 16.1 Å². The summed E-state index contributed by atoms with van der Waals surface area (Å²) in [4.78, 5) is 35.5. The van der Waals surface area contributed by atoms with Crippen LogP contribution in [0.3, 0.4) is 0 Å². The van der Waals surface area contributed by atoms with Crippen molar-refractivity contribution in [3.05, 3.63) is 89.7 Å². The molecule has 1 aromatic heterocycles. The first kappa shape index (κ1) is 23.8. The Morgan fingerprint density at radius 1 is 1.00 bits per heavy atom. The Morgan fingerprint density at radius 2 is 1.72 bits per heavy atom. The maximum atomic E-state index is 13.7. The first-order valence-corrected chi connectivity index (χ1v) is 12.5. The van der Waals surface area contributed by atoms with Crippen LogP contribution in [0, 0.1) is 13.8 Å². The van der Waals surface area contributed by atoms with Gasteiger partial charge >= 0.3 is 0 Å². The third-order valence-electron chi connectivity index (χ3n) is 7.15. The SMILES string of the molecule is Cc1cccc(N2C[C@@H](c3nc4ccccc4n3CC(=O)N(c3ccccc3)C(C)C)CC2=O)c1C. The normalized spacial score (nSPS) is 15.8. The van der Waals surface area contributed by atoms with E-state index in [4.69, 9.17) is 4.98 Å². The molecule has 36 heavy (non-hydrogen) atoms. The molecule has 184 valence electrons. The third kappa shape index (κ3) is 4.28. The fraction of sp³-hybridized carbons (Fsp3) is 0.300. The van der Waals surface area contributed by atoms with Gasteiger partial charge in [-0.2, -0.15) is 0 Å². The summed E-state index contributed by atoms with van der Waals surface area (Å²) in [6, 6.07) is 23.7. The quantitative estimate of drug-likeness (QED) is 0.360. The molecule has 0 N–H and O–H groups in total. The fourth-order valence-corrected chi connectivity index (χ4v) is 5.24. The summed E-state index contributed by atoms with van der Waals surface area (Å²) in [7, 11) is 0. The van der Waals surface area contributed by atoms with E-state index in [0.29, 0.717) is 13.0 Å². The van der Waals surface area contributed by atoms with Gasteiger partial charge in [-0.1, -0.05) is 42.5 Å².